The molecule has 2 heterocycles. The molecule has 1 N–H and O–H groups in total. The Kier molecular flexibility index (Phi) is 6.59. The second-order valence-corrected chi connectivity index (χ2v) is 8.66. The van der Waals surface area contributed by atoms with E-state index < -0.39 is 10.2 Å². The van der Waals surface area contributed by atoms with Gasteiger partial charge in [0.25, 0.3) is 10.2 Å². The van der Waals surface area contributed by atoms with E-state index in [0.29, 0.717) is 25.3 Å². The molecular formula is C16H28N4O4S. The second kappa shape index (κ2) is 8.29. The molecule has 0 spiro atoms. The van der Waals surface area contributed by atoms with Crippen LogP contribution in [0.25, 0.3) is 0 Å². The number of amides is 1. The predicted molar refractivity (Wildman–Crippen MR) is 94.3 cm³/mol. The van der Waals surface area contributed by atoms with Gasteiger partial charge in [0.15, 0.2) is 0 Å². The zero-order chi connectivity index (χ0) is 18.6. The van der Waals surface area contributed by atoms with Crippen LogP contribution in [0, 0.1) is 13.8 Å². The van der Waals surface area contributed by atoms with Gasteiger partial charge in [-0.3, -0.25) is 4.79 Å². The number of hydrogen-bond acceptors (Lipinski definition) is 5. The van der Waals surface area contributed by atoms with Gasteiger partial charge in [-0.15, -0.1) is 0 Å². The molecule has 1 aromatic heterocycles. The Bertz CT molecular complexity index is 679. The normalized spacial score (nSPS) is 18.8. The summed E-state index contributed by atoms with van der Waals surface area (Å²) in [6.07, 6.45) is 3.83. The third-order valence-electron chi connectivity index (χ3n) is 4.70. The minimum absolute atomic E-state index is 0.0505. The van der Waals surface area contributed by atoms with Crippen molar-refractivity contribution in [2.24, 2.45) is 0 Å². The van der Waals surface area contributed by atoms with Crippen molar-refractivity contribution in [3.05, 3.63) is 17.0 Å². The number of aryl methyl sites for hydroxylation is 2. The van der Waals surface area contributed by atoms with E-state index in [1.807, 2.05) is 18.7 Å². The number of nitrogens with zero attached hydrogens (tertiary/aromatic N) is 3. The molecule has 2 rings (SSSR count). The average Bonchev–Trinajstić information content (AvgIpc) is 2.87. The third kappa shape index (κ3) is 5.02. The Morgan fingerprint density at radius 1 is 1.36 bits per heavy atom. The first-order valence-electron chi connectivity index (χ1n) is 8.60. The van der Waals surface area contributed by atoms with Gasteiger partial charge in [-0.05, 0) is 39.5 Å². The lowest BCUT2D eigenvalue weighted by Crippen LogP contribution is -2.46. The van der Waals surface area contributed by atoms with Crippen LogP contribution in [0.3, 0.4) is 0 Å². The van der Waals surface area contributed by atoms with Gasteiger partial charge in [0.2, 0.25) is 5.91 Å². The van der Waals surface area contributed by atoms with Crippen molar-refractivity contribution in [1.82, 2.24) is 19.1 Å². The molecule has 0 bridgehead atoms. The minimum atomic E-state index is -3.43. The molecule has 1 aromatic rings. The van der Waals surface area contributed by atoms with Crippen molar-refractivity contribution < 1.29 is 17.7 Å². The molecule has 0 saturated carbocycles. The van der Waals surface area contributed by atoms with Gasteiger partial charge in [-0.25, -0.2) is 4.72 Å². The van der Waals surface area contributed by atoms with Gasteiger partial charge >= 0.3 is 0 Å². The fraction of sp³-hybridized carbons (Fsp3) is 0.750. The van der Waals surface area contributed by atoms with Crippen molar-refractivity contribution in [3.63, 3.8) is 0 Å². The zero-order valence-corrected chi connectivity index (χ0v) is 16.2. The fourth-order valence-corrected chi connectivity index (χ4v) is 3.75. The molecular weight excluding hydrogens is 344 g/mol. The predicted octanol–water partition coefficient (Wildman–Crippen LogP) is 1.00. The van der Waals surface area contributed by atoms with Crippen molar-refractivity contribution >= 4 is 16.1 Å². The molecule has 0 aliphatic carbocycles. The van der Waals surface area contributed by atoms with Crippen molar-refractivity contribution in [1.29, 1.82) is 0 Å². The number of likely N-dealkylation sites (tertiary alicyclic amines) is 1. The van der Waals surface area contributed by atoms with Crippen LogP contribution >= 0.6 is 0 Å². The molecule has 0 radical (unpaired) electrons. The summed E-state index contributed by atoms with van der Waals surface area (Å²) in [4.78, 5) is 14.6. The molecule has 0 aromatic carbocycles. The minimum Gasteiger partial charge on any atom is -0.361 e. The van der Waals surface area contributed by atoms with E-state index in [4.69, 9.17) is 4.52 Å². The summed E-state index contributed by atoms with van der Waals surface area (Å²) in [7, 11) is -0.453. The molecule has 1 saturated heterocycles. The number of rotatable bonds is 7. The van der Waals surface area contributed by atoms with Crippen LogP contribution in [0.15, 0.2) is 4.52 Å². The molecule has 142 valence electrons. The summed E-state index contributed by atoms with van der Waals surface area (Å²) < 4.78 is 32.4. The number of nitrogens with one attached hydrogen (secondary N) is 1. The highest BCUT2D eigenvalue weighted by molar-refractivity contribution is 7.87. The third-order valence-corrected chi connectivity index (χ3v) is 6.23. The SMILES string of the molecule is Cc1noc(C)c1CC(=O)N1CCCCC1CCNS(=O)(=O)N(C)C. The molecule has 9 heteroatoms. The van der Waals surface area contributed by atoms with Crippen LogP contribution in [-0.4, -0.2) is 61.9 Å². The molecule has 1 aliphatic rings. The Morgan fingerprint density at radius 3 is 2.68 bits per heavy atom. The highest BCUT2D eigenvalue weighted by Gasteiger charge is 2.28. The van der Waals surface area contributed by atoms with Gasteiger partial charge in [-0.1, -0.05) is 5.16 Å². The summed E-state index contributed by atoms with van der Waals surface area (Å²) in [5.74, 6) is 0.729. The number of carbonyl (C=O) groups excluding carboxylic acids is 1. The maximum absolute atomic E-state index is 12.8. The van der Waals surface area contributed by atoms with E-state index in [1.165, 1.54) is 14.1 Å². The van der Waals surface area contributed by atoms with Crippen LogP contribution in [0.5, 0.6) is 0 Å². The number of hydrogen-bond donors (Lipinski definition) is 1. The van der Waals surface area contributed by atoms with Crippen LogP contribution in [0.2, 0.25) is 0 Å². The number of piperidine rings is 1. The van der Waals surface area contributed by atoms with E-state index in [1.54, 1.807) is 0 Å². The quantitative estimate of drug-likeness (QED) is 0.770. The number of carbonyl (C=O) groups is 1. The molecule has 1 atom stereocenters. The topological polar surface area (TPSA) is 95.7 Å². The van der Waals surface area contributed by atoms with E-state index in [9.17, 15) is 13.2 Å². The van der Waals surface area contributed by atoms with Crippen molar-refractivity contribution in [3.8, 4) is 0 Å². The average molecular weight is 372 g/mol. The Balaban J connectivity index is 1.96. The lowest BCUT2D eigenvalue weighted by atomic mass is 9.98. The van der Waals surface area contributed by atoms with E-state index in [2.05, 4.69) is 9.88 Å². The first kappa shape index (κ1) is 19.9. The maximum Gasteiger partial charge on any atom is 0.278 e. The summed E-state index contributed by atoms with van der Waals surface area (Å²) >= 11 is 0. The molecule has 25 heavy (non-hydrogen) atoms. The number of aromatic nitrogens is 1. The van der Waals surface area contributed by atoms with Crippen LogP contribution in [-0.2, 0) is 21.4 Å². The lowest BCUT2D eigenvalue weighted by molar-refractivity contribution is -0.134. The van der Waals surface area contributed by atoms with Gasteiger partial charge in [0.05, 0.1) is 12.1 Å². The first-order chi connectivity index (χ1) is 11.7. The largest absolute Gasteiger partial charge is 0.361 e. The highest BCUT2D eigenvalue weighted by Crippen LogP contribution is 2.22. The lowest BCUT2D eigenvalue weighted by Gasteiger charge is -2.36. The van der Waals surface area contributed by atoms with Gasteiger partial charge in [-0.2, -0.15) is 12.7 Å². The van der Waals surface area contributed by atoms with Crippen LogP contribution in [0.1, 0.15) is 42.7 Å². The highest BCUT2D eigenvalue weighted by atomic mass is 32.2. The molecule has 1 unspecified atom stereocenters. The first-order valence-corrected chi connectivity index (χ1v) is 10.0. The molecule has 1 fully saturated rings. The fourth-order valence-electron chi connectivity index (χ4n) is 3.12. The van der Waals surface area contributed by atoms with Gasteiger partial charge in [0, 0.05) is 38.8 Å². The van der Waals surface area contributed by atoms with Crippen LogP contribution < -0.4 is 4.72 Å². The van der Waals surface area contributed by atoms with Gasteiger partial charge in [0.1, 0.15) is 5.76 Å². The van der Waals surface area contributed by atoms with Gasteiger partial charge < -0.3 is 9.42 Å². The standard InChI is InChI=1S/C16H28N4O4S/c1-12-15(13(2)24-18-12)11-16(21)20-10-6-5-7-14(20)8-9-17-25(22,23)19(3)4/h14,17H,5-11H2,1-4H3. The van der Waals surface area contributed by atoms with Crippen LogP contribution in [0.4, 0.5) is 0 Å². The monoisotopic (exact) mass is 372 g/mol. The molecule has 1 aliphatic heterocycles. The molecule has 8 nitrogen and oxygen atoms in total. The molecule has 1 amide bonds. The van der Waals surface area contributed by atoms with E-state index >= 15 is 0 Å². The van der Waals surface area contributed by atoms with Crippen molar-refractivity contribution in [2.75, 3.05) is 27.2 Å². The smallest absolute Gasteiger partial charge is 0.278 e. The van der Waals surface area contributed by atoms with Crippen molar-refractivity contribution in [2.45, 2.75) is 52.0 Å². The maximum atomic E-state index is 12.8. The summed E-state index contributed by atoms with van der Waals surface area (Å²) in [5, 5.41) is 3.90. The van der Waals surface area contributed by atoms with E-state index in [-0.39, 0.29) is 18.4 Å². The summed E-state index contributed by atoms with van der Waals surface area (Å²) in [5.41, 5.74) is 1.60. The Morgan fingerprint density at radius 2 is 2.08 bits per heavy atom. The zero-order valence-electron chi connectivity index (χ0n) is 15.4. The Labute approximate surface area is 149 Å². The summed E-state index contributed by atoms with van der Waals surface area (Å²) in [6.45, 7) is 4.68. The van der Waals surface area contributed by atoms with E-state index in [0.717, 1.165) is 34.8 Å². The summed E-state index contributed by atoms with van der Waals surface area (Å²) in [6, 6.07) is 0.0617. The second-order valence-electron chi connectivity index (χ2n) is 6.69. The Hall–Kier alpha value is -1.45.